The van der Waals surface area contributed by atoms with Gasteiger partial charge < -0.3 is 10.5 Å². The van der Waals surface area contributed by atoms with Crippen LogP contribution >= 0.6 is 15.9 Å². The molecular weight excluding hydrogens is 299 g/mol. The third-order valence-corrected chi connectivity index (χ3v) is 2.80. The van der Waals surface area contributed by atoms with Gasteiger partial charge in [0.2, 0.25) is 0 Å². The summed E-state index contributed by atoms with van der Waals surface area (Å²) in [5, 5.41) is 0. The molecule has 0 saturated heterocycles. The first-order chi connectivity index (χ1) is 8.67. The Balaban J connectivity index is 2.01. The maximum Gasteiger partial charge on any atom is 0.130 e. The number of benzene rings is 1. The second-order valence-electron chi connectivity index (χ2n) is 3.76. The molecule has 1 aromatic heterocycles. The van der Waals surface area contributed by atoms with Crippen molar-refractivity contribution in [3.05, 3.63) is 58.1 Å². The molecule has 0 aliphatic rings. The van der Waals surface area contributed by atoms with Crippen LogP contribution in [0.2, 0.25) is 0 Å². The lowest BCUT2D eigenvalue weighted by molar-refractivity contribution is 0.299. The highest BCUT2D eigenvalue weighted by molar-refractivity contribution is 9.10. The minimum absolute atomic E-state index is 0.292. The van der Waals surface area contributed by atoms with Gasteiger partial charge in [0.25, 0.3) is 0 Å². The number of hydrogen-bond donors (Lipinski definition) is 1. The molecule has 1 heterocycles. The maximum absolute atomic E-state index is 13.1. The molecule has 18 heavy (non-hydrogen) atoms. The summed E-state index contributed by atoms with van der Waals surface area (Å²) in [5.74, 6) is 0.123. The van der Waals surface area contributed by atoms with Gasteiger partial charge in [0.1, 0.15) is 18.2 Å². The van der Waals surface area contributed by atoms with Gasteiger partial charge >= 0.3 is 0 Å². The molecule has 0 spiro atoms. The standard InChI is InChI=1S/C13H12BrFN2O/c14-10-3-11(15)5-13(4-10)18-8-12-2-1-9(6-16)7-17-12/h1-5,7H,6,8,16H2. The molecule has 0 saturated carbocycles. The highest BCUT2D eigenvalue weighted by Gasteiger charge is 2.01. The molecule has 0 atom stereocenters. The zero-order chi connectivity index (χ0) is 13.0. The Labute approximate surface area is 113 Å². The Bertz CT molecular complexity index is 511. The van der Waals surface area contributed by atoms with Crippen molar-refractivity contribution in [2.24, 2.45) is 5.73 Å². The Morgan fingerprint density at radius 3 is 2.72 bits per heavy atom. The Morgan fingerprint density at radius 1 is 1.28 bits per heavy atom. The third-order valence-electron chi connectivity index (χ3n) is 2.34. The zero-order valence-corrected chi connectivity index (χ0v) is 11.2. The van der Waals surface area contributed by atoms with E-state index in [0.717, 1.165) is 11.3 Å². The number of nitrogens with two attached hydrogens (primary N) is 1. The van der Waals surface area contributed by atoms with Gasteiger partial charge in [-0.15, -0.1) is 0 Å². The predicted octanol–water partition coefficient (Wildman–Crippen LogP) is 3.02. The van der Waals surface area contributed by atoms with Crippen LogP contribution in [0.3, 0.4) is 0 Å². The van der Waals surface area contributed by atoms with Crippen LogP contribution in [0.4, 0.5) is 4.39 Å². The van der Waals surface area contributed by atoms with Gasteiger partial charge in [-0.1, -0.05) is 22.0 Å². The van der Waals surface area contributed by atoms with Crippen LogP contribution in [0.5, 0.6) is 5.75 Å². The van der Waals surface area contributed by atoms with Crippen molar-refractivity contribution in [3.63, 3.8) is 0 Å². The number of pyridine rings is 1. The maximum atomic E-state index is 13.1. The lowest BCUT2D eigenvalue weighted by Crippen LogP contribution is -2.01. The van der Waals surface area contributed by atoms with Crippen molar-refractivity contribution in [1.29, 1.82) is 0 Å². The van der Waals surface area contributed by atoms with Gasteiger partial charge in [-0.2, -0.15) is 0 Å². The number of nitrogens with zero attached hydrogens (tertiary/aromatic N) is 1. The summed E-state index contributed by atoms with van der Waals surface area (Å²) in [6, 6.07) is 8.15. The number of halogens is 2. The molecule has 2 aromatic rings. The summed E-state index contributed by atoms with van der Waals surface area (Å²) in [7, 11) is 0. The van der Waals surface area contributed by atoms with Crippen LogP contribution < -0.4 is 10.5 Å². The van der Waals surface area contributed by atoms with Crippen LogP contribution in [0.25, 0.3) is 0 Å². The Kier molecular flexibility index (Phi) is 4.28. The van der Waals surface area contributed by atoms with Gasteiger partial charge in [-0.25, -0.2) is 4.39 Å². The quantitative estimate of drug-likeness (QED) is 0.944. The molecule has 0 fully saturated rings. The van der Waals surface area contributed by atoms with Gasteiger partial charge in [0, 0.05) is 23.3 Å². The molecule has 2 N–H and O–H groups in total. The van der Waals surface area contributed by atoms with Crippen LogP contribution in [0, 0.1) is 5.82 Å². The molecule has 0 bridgehead atoms. The van der Waals surface area contributed by atoms with Crippen LogP contribution in [0.1, 0.15) is 11.3 Å². The van der Waals surface area contributed by atoms with Gasteiger partial charge in [0.05, 0.1) is 5.69 Å². The number of rotatable bonds is 4. The van der Waals surface area contributed by atoms with Crippen LogP contribution in [-0.4, -0.2) is 4.98 Å². The zero-order valence-electron chi connectivity index (χ0n) is 9.57. The van der Waals surface area contributed by atoms with E-state index >= 15 is 0 Å². The molecule has 0 aliphatic carbocycles. The first kappa shape index (κ1) is 13.0. The first-order valence-electron chi connectivity index (χ1n) is 5.40. The van der Waals surface area contributed by atoms with Crippen molar-refractivity contribution in [3.8, 4) is 5.75 Å². The van der Waals surface area contributed by atoms with Gasteiger partial charge in [-0.05, 0) is 23.8 Å². The third kappa shape index (κ3) is 3.51. The first-order valence-corrected chi connectivity index (χ1v) is 6.19. The average molecular weight is 311 g/mol. The molecule has 0 unspecified atom stereocenters. The normalized spacial score (nSPS) is 10.4. The van der Waals surface area contributed by atoms with E-state index < -0.39 is 0 Å². The number of ether oxygens (including phenoxy) is 1. The molecule has 94 valence electrons. The SMILES string of the molecule is NCc1ccc(COc2cc(F)cc(Br)c2)nc1. The second-order valence-corrected chi connectivity index (χ2v) is 4.67. The highest BCUT2D eigenvalue weighted by atomic mass is 79.9. The van der Waals surface area contributed by atoms with Crippen molar-refractivity contribution in [1.82, 2.24) is 4.98 Å². The van der Waals surface area contributed by atoms with E-state index in [1.807, 2.05) is 12.1 Å². The fourth-order valence-electron chi connectivity index (χ4n) is 1.43. The van der Waals surface area contributed by atoms with Gasteiger partial charge in [0.15, 0.2) is 0 Å². The van der Waals surface area contributed by atoms with E-state index in [2.05, 4.69) is 20.9 Å². The number of aromatic nitrogens is 1. The van der Waals surface area contributed by atoms with Gasteiger partial charge in [-0.3, -0.25) is 4.98 Å². The summed E-state index contributed by atoms with van der Waals surface area (Å²) in [5.41, 5.74) is 7.22. The van der Waals surface area contributed by atoms with E-state index in [9.17, 15) is 4.39 Å². The summed E-state index contributed by atoms with van der Waals surface area (Å²) in [4.78, 5) is 4.20. The van der Waals surface area contributed by atoms with E-state index in [1.165, 1.54) is 12.1 Å². The minimum Gasteiger partial charge on any atom is -0.487 e. The fraction of sp³-hybridized carbons (Fsp3) is 0.154. The molecule has 2 rings (SSSR count). The molecule has 1 aromatic carbocycles. The van der Waals surface area contributed by atoms with E-state index in [0.29, 0.717) is 23.4 Å². The number of hydrogen-bond acceptors (Lipinski definition) is 3. The largest absolute Gasteiger partial charge is 0.487 e. The Hall–Kier alpha value is -1.46. The van der Waals surface area contributed by atoms with Crippen LogP contribution in [0.15, 0.2) is 41.0 Å². The van der Waals surface area contributed by atoms with Crippen molar-refractivity contribution in [2.45, 2.75) is 13.2 Å². The van der Waals surface area contributed by atoms with Crippen molar-refractivity contribution < 1.29 is 9.13 Å². The predicted molar refractivity (Wildman–Crippen MR) is 70.6 cm³/mol. The van der Waals surface area contributed by atoms with E-state index in [4.69, 9.17) is 10.5 Å². The lowest BCUT2D eigenvalue weighted by atomic mass is 10.2. The molecule has 3 nitrogen and oxygen atoms in total. The highest BCUT2D eigenvalue weighted by Crippen LogP contribution is 2.21. The second kappa shape index (κ2) is 5.93. The summed E-state index contributed by atoms with van der Waals surface area (Å²) in [6.45, 7) is 0.756. The fourth-order valence-corrected chi connectivity index (χ4v) is 1.87. The molecule has 0 radical (unpaired) electrons. The smallest absolute Gasteiger partial charge is 0.130 e. The minimum atomic E-state index is -0.342. The molecule has 5 heteroatoms. The summed E-state index contributed by atoms with van der Waals surface area (Å²) >= 11 is 3.21. The average Bonchev–Trinajstić information content (AvgIpc) is 2.36. The van der Waals surface area contributed by atoms with E-state index in [-0.39, 0.29) is 5.82 Å². The molecule has 0 aliphatic heterocycles. The Morgan fingerprint density at radius 2 is 2.11 bits per heavy atom. The molecule has 0 amide bonds. The van der Waals surface area contributed by atoms with Crippen molar-refractivity contribution in [2.75, 3.05) is 0 Å². The summed E-state index contributed by atoms with van der Waals surface area (Å²) in [6.07, 6.45) is 1.71. The lowest BCUT2D eigenvalue weighted by Gasteiger charge is -2.07. The van der Waals surface area contributed by atoms with Crippen molar-refractivity contribution >= 4 is 15.9 Å². The van der Waals surface area contributed by atoms with E-state index in [1.54, 1.807) is 12.3 Å². The monoisotopic (exact) mass is 310 g/mol. The van der Waals surface area contributed by atoms with Crippen LogP contribution in [-0.2, 0) is 13.2 Å². The molecular formula is C13H12BrFN2O. The topological polar surface area (TPSA) is 48.1 Å². The summed E-state index contributed by atoms with van der Waals surface area (Å²) < 4.78 is 19.2.